The number of H-pyrrole nitrogens is 1. The van der Waals surface area contributed by atoms with Gasteiger partial charge in [-0.2, -0.15) is 0 Å². The number of likely N-dealkylation sites (tertiary alicyclic amines) is 1. The zero-order valence-corrected chi connectivity index (χ0v) is 22.2. The van der Waals surface area contributed by atoms with E-state index < -0.39 is 30.7 Å². The quantitative estimate of drug-likeness (QED) is 0.306. The highest BCUT2D eigenvalue weighted by molar-refractivity contribution is 5.84. The number of rotatable bonds is 8. The molecule has 0 bridgehead atoms. The maximum Gasteiger partial charge on any atom is 0.283 e. The van der Waals surface area contributed by atoms with Gasteiger partial charge in [-0.25, -0.2) is 17.6 Å². The predicted octanol–water partition coefficient (Wildman–Crippen LogP) is 4.57. The molecule has 3 heterocycles. The Morgan fingerprint density at radius 2 is 1.74 bits per heavy atom. The van der Waals surface area contributed by atoms with Crippen LogP contribution >= 0.6 is 0 Å². The normalized spacial score (nSPS) is 17.9. The van der Waals surface area contributed by atoms with Crippen molar-refractivity contribution in [2.75, 3.05) is 51.9 Å². The smallest absolute Gasteiger partial charge is 0.283 e. The van der Waals surface area contributed by atoms with Crippen molar-refractivity contribution in [3.8, 4) is 0 Å². The van der Waals surface area contributed by atoms with Crippen molar-refractivity contribution in [3.63, 3.8) is 0 Å². The monoisotopic (exact) mass is 556 g/mol. The number of benzene rings is 2. The van der Waals surface area contributed by atoms with Gasteiger partial charge in [-0.15, -0.1) is 0 Å². The summed E-state index contributed by atoms with van der Waals surface area (Å²) in [6.45, 7) is 2.94. The van der Waals surface area contributed by atoms with Gasteiger partial charge >= 0.3 is 0 Å². The lowest BCUT2D eigenvalue weighted by molar-refractivity contribution is -0.0819. The summed E-state index contributed by atoms with van der Waals surface area (Å²) < 4.78 is 64.5. The highest BCUT2D eigenvalue weighted by Gasteiger charge is 2.35. The lowest BCUT2D eigenvalue weighted by Gasteiger charge is -2.40. The number of fused-ring (bicyclic) bond motifs is 3. The minimum atomic E-state index is -3.04. The number of aliphatic hydroxyl groups excluding tert-OH is 2. The van der Waals surface area contributed by atoms with Crippen molar-refractivity contribution in [1.82, 2.24) is 14.8 Å². The molecule has 3 aromatic rings. The summed E-state index contributed by atoms with van der Waals surface area (Å²) in [5, 5.41) is 20.0. The van der Waals surface area contributed by atoms with Crippen LogP contribution in [0.1, 0.15) is 24.6 Å². The van der Waals surface area contributed by atoms with Crippen LogP contribution in [0.2, 0.25) is 0 Å². The van der Waals surface area contributed by atoms with Gasteiger partial charge in [-0.05, 0) is 43.5 Å². The van der Waals surface area contributed by atoms with Crippen LogP contribution in [0.15, 0.2) is 42.5 Å². The third-order valence-electron chi connectivity index (χ3n) is 6.85. The fourth-order valence-electron chi connectivity index (χ4n) is 4.97. The zero-order valence-electron chi connectivity index (χ0n) is 22.2. The molecule has 4 N–H and O–H groups in total. The highest BCUT2D eigenvalue weighted by atomic mass is 19.3. The van der Waals surface area contributed by atoms with Crippen molar-refractivity contribution in [1.29, 1.82) is 0 Å². The molecule has 0 unspecified atom stereocenters. The van der Waals surface area contributed by atoms with Gasteiger partial charge in [0.1, 0.15) is 18.2 Å². The van der Waals surface area contributed by atoms with Gasteiger partial charge < -0.3 is 20.5 Å². The van der Waals surface area contributed by atoms with Crippen LogP contribution in [-0.2, 0) is 13.0 Å². The molecule has 216 valence electrons. The number of hydrogen-bond acceptors (Lipinski definition) is 5. The molecule has 39 heavy (non-hydrogen) atoms. The van der Waals surface area contributed by atoms with E-state index in [9.17, 15) is 22.0 Å². The maximum absolute atomic E-state index is 13.4. The number of alkyl halides is 3. The Kier molecular flexibility index (Phi) is 11.1. The zero-order chi connectivity index (χ0) is 28.6. The predicted molar refractivity (Wildman–Crippen MR) is 143 cm³/mol. The molecule has 2 aromatic carbocycles. The molecule has 0 amide bonds. The minimum absolute atomic E-state index is 0.0409. The average molecular weight is 557 g/mol. The Labute approximate surface area is 225 Å². The maximum atomic E-state index is 13.4. The lowest BCUT2D eigenvalue weighted by atomic mass is 9.97. The standard InChI is InChI=1S/C15H18F2N2O.C12H15F3N2.CH4O/c1-10-6-12-11-4-2-3-5-13(11)18-14(12)7-19(10)8-15(16,17)9-20;13-2-1-3-17-7-12(8-17)16-11-5-9(14)4-10(15)6-11;1-2/h2-5,10,18,20H,6-9H2,1H3;4-6,12,16H,1-3,7-8H2;2H,1H3/t10-;;/m1../s1. The molecule has 0 aliphatic carbocycles. The lowest BCUT2D eigenvalue weighted by Crippen LogP contribution is -2.54. The van der Waals surface area contributed by atoms with Crippen molar-refractivity contribution in [2.45, 2.75) is 44.3 Å². The van der Waals surface area contributed by atoms with Gasteiger partial charge in [0, 0.05) is 67.7 Å². The van der Waals surface area contributed by atoms with Crippen LogP contribution in [0.25, 0.3) is 10.9 Å². The van der Waals surface area contributed by atoms with Gasteiger partial charge in [0.2, 0.25) is 0 Å². The van der Waals surface area contributed by atoms with Gasteiger partial charge in [-0.1, -0.05) is 18.2 Å². The van der Waals surface area contributed by atoms with Crippen molar-refractivity contribution in [3.05, 3.63) is 65.4 Å². The molecule has 1 saturated heterocycles. The third-order valence-corrected chi connectivity index (χ3v) is 6.85. The number of aromatic amines is 1. The molecule has 2 aliphatic heterocycles. The van der Waals surface area contributed by atoms with E-state index in [1.54, 1.807) is 4.90 Å². The summed E-state index contributed by atoms with van der Waals surface area (Å²) in [6, 6.07) is 11.6. The largest absolute Gasteiger partial charge is 0.400 e. The third kappa shape index (κ3) is 8.38. The fourth-order valence-corrected chi connectivity index (χ4v) is 4.97. The number of aliphatic hydroxyl groups is 2. The minimum Gasteiger partial charge on any atom is -0.400 e. The van der Waals surface area contributed by atoms with E-state index in [2.05, 4.69) is 21.3 Å². The second kappa shape index (κ2) is 14.1. The first-order chi connectivity index (χ1) is 18.7. The molecule has 11 heteroatoms. The van der Waals surface area contributed by atoms with Crippen molar-refractivity contribution < 1.29 is 32.2 Å². The van der Waals surface area contributed by atoms with Crippen molar-refractivity contribution >= 4 is 16.6 Å². The van der Waals surface area contributed by atoms with Gasteiger partial charge in [0.25, 0.3) is 5.92 Å². The Balaban J connectivity index is 0.000000205. The van der Waals surface area contributed by atoms with Crippen LogP contribution in [0.5, 0.6) is 0 Å². The number of para-hydroxylation sites is 1. The van der Waals surface area contributed by atoms with Crippen molar-refractivity contribution in [2.24, 2.45) is 0 Å². The Morgan fingerprint density at radius 3 is 2.38 bits per heavy atom. The summed E-state index contributed by atoms with van der Waals surface area (Å²) in [5.41, 5.74) is 3.76. The van der Waals surface area contributed by atoms with E-state index in [0.717, 1.165) is 50.4 Å². The number of halogens is 5. The molecule has 0 radical (unpaired) electrons. The van der Waals surface area contributed by atoms with Crippen LogP contribution in [0, 0.1) is 11.6 Å². The van der Waals surface area contributed by atoms with E-state index in [-0.39, 0.29) is 18.8 Å². The average Bonchev–Trinajstić information content (AvgIpc) is 3.23. The molecular formula is C28H37F5N4O2. The first kappa shape index (κ1) is 30.8. The number of anilines is 1. The summed E-state index contributed by atoms with van der Waals surface area (Å²) in [4.78, 5) is 7.16. The number of nitrogens with zero attached hydrogens (tertiary/aromatic N) is 2. The second-order valence-corrected chi connectivity index (χ2v) is 9.90. The number of nitrogens with one attached hydrogen (secondary N) is 2. The van der Waals surface area contributed by atoms with Crippen LogP contribution in [0.4, 0.5) is 27.6 Å². The van der Waals surface area contributed by atoms with E-state index in [4.69, 9.17) is 10.2 Å². The molecule has 1 aromatic heterocycles. The molecule has 1 atom stereocenters. The number of hydrogen-bond donors (Lipinski definition) is 4. The Morgan fingerprint density at radius 1 is 1.08 bits per heavy atom. The summed E-state index contributed by atoms with van der Waals surface area (Å²) in [6.07, 6.45) is 1.29. The van der Waals surface area contributed by atoms with Gasteiger partial charge in [0.05, 0.1) is 19.3 Å². The highest BCUT2D eigenvalue weighted by Crippen LogP contribution is 2.31. The van der Waals surface area contributed by atoms with Gasteiger partial charge in [0.15, 0.2) is 0 Å². The number of aromatic nitrogens is 1. The molecule has 0 spiro atoms. The molecule has 1 fully saturated rings. The topological polar surface area (TPSA) is 74.8 Å². The summed E-state index contributed by atoms with van der Waals surface area (Å²) in [5.74, 6) is -4.21. The fraction of sp³-hybridized carbons (Fsp3) is 0.500. The van der Waals surface area contributed by atoms with Crippen LogP contribution < -0.4 is 5.32 Å². The molecule has 6 nitrogen and oxygen atoms in total. The van der Waals surface area contributed by atoms with Crippen LogP contribution in [-0.4, -0.2) is 89.6 Å². The Bertz CT molecular complexity index is 1170. The molecule has 2 aliphatic rings. The summed E-state index contributed by atoms with van der Waals surface area (Å²) in [7, 11) is 1.00. The second-order valence-electron chi connectivity index (χ2n) is 9.90. The SMILES string of the molecule is CO.C[C@@H]1Cc2c([nH]c3ccccc23)CN1CC(F)(F)CO.FCCCN1CC(Nc2cc(F)cc(F)c2)C1. The van der Waals surface area contributed by atoms with E-state index in [1.807, 2.05) is 25.1 Å². The van der Waals surface area contributed by atoms with E-state index >= 15 is 0 Å². The Hall–Kier alpha value is -2.73. The molecular weight excluding hydrogens is 519 g/mol. The van der Waals surface area contributed by atoms with E-state index in [1.165, 1.54) is 23.1 Å². The van der Waals surface area contributed by atoms with E-state index in [0.29, 0.717) is 18.7 Å². The van der Waals surface area contributed by atoms with Crippen LogP contribution in [0.3, 0.4) is 0 Å². The van der Waals surface area contributed by atoms with Gasteiger partial charge in [-0.3, -0.25) is 14.2 Å². The summed E-state index contributed by atoms with van der Waals surface area (Å²) >= 11 is 0. The molecule has 5 rings (SSSR count). The first-order valence-corrected chi connectivity index (χ1v) is 12.9. The molecule has 0 saturated carbocycles. The first-order valence-electron chi connectivity index (χ1n) is 12.9.